The maximum atomic E-state index is 12.6. The van der Waals surface area contributed by atoms with E-state index in [2.05, 4.69) is 59.1 Å². The highest BCUT2D eigenvalue weighted by Gasteiger charge is 2.45. The molecule has 0 saturated carbocycles. The van der Waals surface area contributed by atoms with E-state index in [-0.39, 0.29) is 16.5 Å². The summed E-state index contributed by atoms with van der Waals surface area (Å²) in [6.07, 6.45) is 2.73. The van der Waals surface area contributed by atoms with Crippen LogP contribution in [0.1, 0.15) is 27.2 Å². The summed E-state index contributed by atoms with van der Waals surface area (Å²) < 4.78 is 17.6. The Bertz CT molecular complexity index is 796. The van der Waals surface area contributed by atoms with Gasteiger partial charge in [0, 0.05) is 12.5 Å². The van der Waals surface area contributed by atoms with Crippen LogP contribution in [-0.4, -0.2) is 48.5 Å². The van der Waals surface area contributed by atoms with Crippen LogP contribution in [0.3, 0.4) is 0 Å². The zero-order chi connectivity index (χ0) is 23.4. The highest BCUT2D eigenvalue weighted by molar-refractivity contribution is 6.91. The van der Waals surface area contributed by atoms with Gasteiger partial charge in [-0.1, -0.05) is 69.4 Å². The summed E-state index contributed by atoms with van der Waals surface area (Å²) in [5.41, 5.74) is -0.0248. The molecule has 0 radical (unpaired) electrons. The molecule has 1 aliphatic heterocycles. The second kappa shape index (κ2) is 9.83. The van der Waals surface area contributed by atoms with Crippen LogP contribution in [0.25, 0.3) is 0 Å². The van der Waals surface area contributed by atoms with E-state index in [0.717, 1.165) is 6.29 Å². The lowest BCUT2D eigenvalue weighted by atomic mass is 10.0. The first kappa shape index (κ1) is 25.6. The fourth-order valence-electron chi connectivity index (χ4n) is 3.75. The average Bonchev–Trinajstić information content (AvgIpc) is 2.69. The Kier molecular flexibility index (Phi) is 8.11. The van der Waals surface area contributed by atoms with Crippen molar-refractivity contribution in [2.45, 2.75) is 70.1 Å². The van der Waals surface area contributed by atoms with E-state index in [0.29, 0.717) is 18.8 Å². The molecule has 0 fully saturated rings. The third-order valence-corrected chi connectivity index (χ3v) is 15.4. The second-order valence-corrected chi connectivity index (χ2v) is 19.8. The van der Waals surface area contributed by atoms with Crippen molar-refractivity contribution in [2.24, 2.45) is 5.92 Å². The van der Waals surface area contributed by atoms with Crippen molar-refractivity contribution in [1.82, 2.24) is 0 Å². The molecule has 1 aliphatic rings. The molecule has 1 heterocycles. The van der Waals surface area contributed by atoms with Crippen molar-refractivity contribution < 1.29 is 23.5 Å². The van der Waals surface area contributed by atoms with Crippen LogP contribution in [0, 0.1) is 5.92 Å². The lowest BCUT2D eigenvalue weighted by molar-refractivity contribution is -0.153. The zero-order valence-corrected chi connectivity index (χ0v) is 22.2. The van der Waals surface area contributed by atoms with Crippen molar-refractivity contribution in [1.29, 1.82) is 0 Å². The summed E-state index contributed by atoms with van der Waals surface area (Å²) in [5.74, 6) is -0.155. The first-order chi connectivity index (χ1) is 14.3. The quantitative estimate of drug-likeness (QED) is 0.350. The van der Waals surface area contributed by atoms with Gasteiger partial charge in [0.25, 0.3) is 0 Å². The predicted octanol–water partition coefficient (Wildman–Crippen LogP) is 4.65. The molecule has 5 nitrogen and oxygen atoms in total. The van der Waals surface area contributed by atoms with Gasteiger partial charge in [0.05, 0.1) is 15.2 Å². The summed E-state index contributed by atoms with van der Waals surface area (Å²) in [7, 11) is -3.03. The predicted molar refractivity (Wildman–Crippen MR) is 130 cm³/mol. The molecule has 31 heavy (non-hydrogen) atoms. The zero-order valence-electron chi connectivity index (χ0n) is 20.2. The van der Waals surface area contributed by atoms with Crippen molar-refractivity contribution in [3.05, 3.63) is 42.2 Å². The number of carbonyl (C=O) groups excluding carboxylic acids is 2. The Morgan fingerprint density at radius 3 is 2.26 bits per heavy atom. The Morgan fingerprint density at radius 2 is 1.74 bits per heavy atom. The lowest BCUT2D eigenvalue weighted by Crippen LogP contribution is -2.50. The summed E-state index contributed by atoms with van der Waals surface area (Å²) in [5, 5.41) is 1.22. The summed E-state index contributed by atoms with van der Waals surface area (Å²) in [6.45, 7) is 15.6. The number of hydrogen-bond acceptors (Lipinski definition) is 5. The van der Waals surface area contributed by atoms with Gasteiger partial charge < -0.3 is 18.7 Å². The van der Waals surface area contributed by atoms with E-state index >= 15 is 0 Å². The van der Waals surface area contributed by atoms with Crippen molar-refractivity contribution in [2.75, 3.05) is 13.7 Å². The smallest absolute Gasteiger partial charge is 0.342 e. The van der Waals surface area contributed by atoms with Gasteiger partial charge in [0.2, 0.25) is 14.4 Å². The number of esters is 1. The van der Waals surface area contributed by atoms with E-state index in [4.69, 9.17) is 13.9 Å². The van der Waals surface area contributed by atoms with Crippen molar-refractivity contribution in [3.63, 3.8) is 0 Å². The Labute approximate surface area is 189 Å². The van der Waals surface area contributed by atoms with Crippen LogP contribution in [0.2, 0.25) is 36.8 Å². The number of aldehydes is 1. The number of methoxy groups -OCH3 is 1. The molecule has 0 bridgehead atoms. The molecule has 0 spiro atoms. The number of carbonyl (C=O) groups is 2. The standard InChI is InChI=1S/C24H38O5Si2/c1-24(2,3)31(7,8)29-20-16-21(30(5,6)19-12-10-9-11-13-19)18(17-25)14-15-28-22(20)23(26)27-4/h9-13,16-18,21-22H,14-15H2,1-8H3/b20-16+/t18-,21-,22-/m0/s1. The van der Waals surface area contributed by atoms with Gasteiger partial charge in [0.15, 0.2) is 0 Å². The highest BCUT2D eigenvalue weighted by atomic mass is 28.4. The number of hydrogen-bond donors (Lipinski definition) is 0. The minimum Gasteiger partial charge on any atom is -0.544 e. The van der Waals surface area contributed by atoms with Crippen molar-refractivity contribution >= 4 is 33.8 Å². The molecule has 2 rings (SSSR count). The molecule has 0 aliphatic carbocycles. The number of rotatable bonds is 6. The van der Waals surface area contributed by atoms with Gasteiger partial charge in [0.1, 0.15) is 12.0 Å². The molecule has 172 valence electrons. The Morgan fingerprint density at radius 1 is 1.13 bits per heavy atom. The third-order valence-electron chi connectivity index (χ3n) is 6.92. The molecule has 0 saturated heterocycles. The van der Waals surface area contributed by atoms with E-state index in [1.807, 2.05) is 24.3 Å². The normalized spacial score (nSPS) is 24.9. The Hall–Kier alpha value is -1.71. The fourth-order valence-corrected chi connectivity index (χ4v) is 8.16. The maximum absolute atomic E-state index is 12.6. The van der Waals surface area contributed by atoms with Crippen molar-refractivity contribution in [3.8, 4) is 0 Å². The summed E-state index contributed by atoms with van der Waals surface area (Å²) >= 11 is 0. The Balaban J connectivity index is 2.65. The first-order valence-corrected chi connectivity index (χ1v) is 16.9. The largest absolute Gasteiger partial charge is 0.544 e. The van der Waals surface area contributed by atoms with Gasteiger partial charge in [-0.2, -0.15) is 0 Å². The van der Waals surface area contributed by atoms with Gasteiger partial charge in [-0.3, -0.25) is 0 Å². The topological polar surface area (TPSA) is 61.8 Å². The van der Waals surface area contributed by atoms with Gasteiger partial charge in [-0.05, 0) is 36.2 Å². The molecule has 1 aromatic carbocycles. The lowest BCUT2D eigenvalue weighted by Gasteiger charge is -2.41. The van der Waals surface area contributed by atoms with E-state index in [1.165, 1.54) is 12.3 Å². The van der Waals surface area contributed by atoms with Crippen LogP contribution in [0.15, 0.2) is 42.2 Å². The molecular formula is C24H38O5Si2. The maximum Gasteiger partial charge on any atom is 0.342 e. The molecule has 0 aromatic heterocycles. The highest BCUT2D eigenvalue weighted by Crippen LogP contribution is 2.41. The van der Waals surface area contributed by atoms with E-state index in [9.17, 15) is 9.59 Å². The van der Waals surface area contributed by atoms with Gasteiger partial charge in [-0.25, -0.2) is 4.79 Å². The number of ether oxygens (including phenoxy) is 2. The first-order valence-electron chi connectivity index (χ1n) is 11.0. The van der Waals surface area contributed by atoms with Crippen LogP contribution < -0.4 is 5.19 Å². The van der Waals surface area contributed by atoms with E-state index < -0.39 is 28.5 Å². The minimum absolute atomic E-state index is 0.0248. The van der Waals surface area contributed by atoms with Gasteiger partial charge in [-0.15, -0.1) is 0 Å². The van der Waals surface area contributed by atoms with E-state index in [1.54, 1.807) is 0 Å². The fraction of sp³-hybridized carbons (Fsp3) is 0.583. The number of benzene rings is 1. The summed E-state index contributed by atoms with van der Waals surface area (Å²) in [6, 6.07) is 10.4. The van der Waals surface area contributed by atoms with Crippen LogP contribution in [-0.2, 0) is 23.5 Å². The SMILES string of the molecule is COC(=O)[C@H]1OCC[C@@H](C=O)[C@@H]([Si](C)(C)c2ccccc2)/C=C\1O[Si](C)(C)C(C)(C)C. The van der Waals surface area contributed by atoms with Gasteiger partial charge >= 0.3 is 5.97 Å². The van der Waals surface area contributed by atoms with Crippen LogP contribution >= 0.6 is 0 Å². The second-order valence-electron chi connectivity index (χ2n) is 10.4. The molecule has 3 atom stereocenters. The van der Waals surface area contributed by atoms with Crippen LogP contribution in [0.5, 0.6) is 0 Å². The minimum atomic E-state index is -2.26. The third kappa shape index (κ3) is 5.76. The average molecular weight is 463 g/mol. The molecule has 0 amide bonds. The molecule has 0 N–H and O–H groups in total. The summed E-state index contributed by atoms with van der Waals surface area (Å²) in [4.78, 5) is 24.8. The van der Waals surface area contributed by atoms with Crippen LogP contribution in [0.4, 0.5) is 0 Å². The molecule has 7 heteroatoms. The molecule has 0 unspecified atom stereocenters. The molecular weight excluding hydrogens is 424 g/mol. The monoisotopic (exact) mass is 462 g/mol. The number of allylic oxidation sites excluding steroid dienone is 1. The molecule has 1 aromatic rings.